The van der Waals surface area contributed by atoms with E-state index in [-0.39, 0.29) is 0 Å². The lowest BCUT2D eigenvalue weighted by Gasteiger charge is -2.15. The van der Waals surface area contributed by atoms with Gasteiger partial charge in [0, 0.05) is 12.2 Å². The highest BCUT2D eigenvalue weighted by atomic mass is 14.9. The van der Waals surface area contributed by atoms with E-state index in [0.717, 1.165) is 18.7 Å². The topological polar surface area (TPSA) is 24.9 Å². The van der Waals surface area contributed by atoms with Crippen LogP contribution in [0.1, 0.15) is 38.4 Å². The molecule has 0 bridgehead atoms. The summed E-state index contributed by atoms with van der Waals surface area (Å²) >= 11 is 0. The smallest absolute Gasteiger partial charge is 0.0573 e. The second-order valence-electron chi connectivity index (χ2n) is 3.15. The summed E-state index contributed by atoms with van der Waals surface area (Å²) < 4.78 is 0. The SMILES string of the molecule is CCCC(NCC)c1ccccn1. The van der Waals surface area contributed by atoms with E-state index in [0.29, 0.717) is 6.04 Å². The molecule has 0 spiro atoms. The van der Waals surface area contributed by atoms with Gasteiger partial charge < -0.3 is 5.32 Å². The van der Waals surface area contributed by atoms with Crippen LogP contribution in [0.2, 0.25) is 0 Å². The number of hydrogen-bond acceptors (Lipinski definition) is 2. The van der Waals surface area contributed by atoms with Crippen LogP contribution in [0.25, 0.3) is 0 Å². The lowest BCUT2D eigenvalue weighted by molar-refractivity contribution is 0.498. The van der Waals surface area contributed by atoms with Crippen LogP contribution in [0.3, 0.4) is 0 Å². The summed E-state index contributed by atoms with van der Waals surface area (Å²) in [5.74, 6) is 0. The standard InChI is InChI=1S/C11H18N2/c1-3-7-10(12-4-2)11-8-5-6-9-13-11/h5-6,8-10,12H,3-4,7H2,1-2H3. The summed E-state index contributed by atoms with van der Waals surface area (Å²) in [4.78, 5) is 4.35. The minimum atomic E-state index is 0.427. The molecule has 0 amide bonds. The van der Waals surface area contributed by atoms with Gasteiger partial charge in [0.1, 0.15) is 0 Å². The molecule has 2 nitrogen and oxygen atoms in total. The molecular weight excluding hydrogens is 160 g/mol. The largest absolute Gasteiger partial charge is 0.309 e. The third-order valence-electron chi connectivity index (χ3n) is 2.07. The number of nitrogens with one attached hydrogen (secondary N) is 1. The summed E-state index contributed by atoms with van der Waals surface area (Å²) in [6, 6.07) is 6.51. The molecule has 0 radical (unpaired) electrons. The molecule has 1 unspecified atom stereocenters. The van der Waals surface area contributed by atoms with Crippen molar-refractivity contribution in [3.63, 3.8) is 0 Å². The molecule has 0 aliphatic carbocycles. The molecule has 13 heavy (non-hydrogen) atoms. The molecule has 0 saturated carbocycles. The molecule has 72 valence electrons. The normalized spacial score (nSPS) is 12.8. The molecule has 1 rings (SSSR count). The molecule has 0 aliphatic heterocycles. The Bertz CT molecular complexity index is 215. The monoisotopic (exact) mass is 178 g/mol. The first-order valence-corrected chi connectivity index (χ1v) is 5.02. The highest BCUT2D eigenvalue weighted by Crippen LogP contribution is 2.14. The Morgan fingerprint density at radius 2 is 2.23 bits per heavy atom. The van der Waals surface area contributed by atoms with E-state index >= 15 is 0 Å². The van der Waals surface area contributed by atoms with Crippen LogP contribution in [-0.2, 0) is 0 Å². The van der Waals surface area contributed by atoms with Crippen LogP contribution in [0.5, 0.6) is 0 Å². The summed E-state index contributed by atoms with van der Waals surface area (Å²) in [5, 5.41) is 3.44. The van der Waals surface area contributed by atoms with E-state index in [1.54, 1.807) is 0 Å². The van der Waals surface area contributed by atoms with Crippen molar-refractivity contribution in [2.75, 3.05) is 6.54 Å². The first-order chi connectivity index (χ1) is 6.38. The van der Waals surface area contributed by atoms with Gasteiger partial charge in [-0.15, -0.1) is 0 Å². The average molecular weight is 178 g/mol. The van der Waals surface area contributed by atoms with Crippen LogP contribution in [0, 0.1) is 0 Å². The summed E-state index contributed by atoms with van der Waals surface area (Å²) in [6.07, 6.45) is 4.20. The number of pyridine rings is 1. The second-order valence-corrected chi connectivity index (χ2v) is 3.15. The Balaban J connectivity index is 2.64. The van der Waals surface area contributed by atoms with E-state index in [1.165, 1.54) is 6.42 Å². The van der Waals surface area contributed by atoms with Gasteiger partial charge in [0.15, 0.2) is 0 Å². The molecule has 1 atom stereocenters. The Labute approximate surface area is 80.4 Å². The predicted molar refractivity (Wildman–Crippen MR) is 55.6 cm³/mol. The van der Waals surface area contributed by atoms with Gasteiger partial charge in [-0.3, -0.25) is 4.98 Å². The maximum absolute atomic E-state index is 4.35. The minimum absolute atomic E-state index is 0.427. The van der Waals surface area contributed by atoms with Gasteiger partial charge in [0.05, 0.1) is 5.69 Å². The van der Waals surface area contributed by atoms with E-state index in [2.05, 4.69) is 30.2 Å². The van der Waals surface area contributed by atoms with Crippen LogP contribution >= 0.6 is 0 Å². The molecule has 0 aromatic carbocycles. The lowest BCUT2D eigenvalue weighted by atomic mass is 10.1. The lowest BCUT2D eigenvalue weighted by Crippen LogP contribution is -2.21. The fraction of sp³-hybridized carbons (Fsp3) is 0.545. The molecule has 1 N–H and O–H groups in total. The Kier molecular flexibility index (Phi) is 4.47. The zero-order valence-electron chi connectivity index (χ0n) is 8.46. The van der Waals surface area contributed by atoms with Crippen molar-refractivity contribution in [3.8, 4) is 0 Å². The zero-order valence-corrected chi connectivity index (χ0v) is 8.46. The number of hydrogen-bond donors (Lipinski definition) is 1. The molecule has 1 aromatic rings. The Morgan fingerprint density at radius 3 is 2.77 bits per heavy atom. The van der Waals surface area contributed by atoms with Crippen molar-refractivity contribution in [2.24, 2.45) is 0 Å². The predicted octanol–water partition coefficient (Wildman–Crippen LogP) is 2.53. The van der Waals surface area contributed by atoms with Gasteiger partial charge >= 0.3 is 0 Å². The Morgan fingerprint density at radius 1 is 1.38 bits per heavy atom. The zero-order chi connectivity index (χ0) is 9.52. The van der Waals surface area contributed by atoms with Gasteiger partial charge in [0.25, 0.3) is 0 Å². The van der Waals surface area contributed by atoms with Gasteiger partial charge in [-0.05, 0) is 25.1 Å². The number of rotatable bonds is 5. The van der Waals surface area contributed by atoms with Crippen molar-refractivity contribution >= 4 is 0 Å². The minimum Gasteiger partial charge on any atom is -0.309 e. The van der Waals surface area contributed by atoms with Crippen molar-refractivity contribution in [1.82, 2.24) is 10.3 Å². The third kappa shape index (κ3) is 3.15. The number of nitrogens with zero attached hydrogens (tertiary/aromatic N) is 1. The van der Waals surface area contributed by atoms with Gasteiger partial charge in [-0.1, -0.05) is 26.3 Å². The summed E-state index contributed by atoms with van der Waals surface area (Å²) in [5.41, 5.74) is 1.16. The molecular formula is C11H18N2. The second kappa shape index (κ2) is 5.70. The van der Waals surface area contributed by atoms with E-state index in [4.69, 9.17) is 0 Å². The number of aromatic nitrogens is 1. The van der Waals surface area contributed by atoms with Crippen molar-refractivity contribution in [3.05, 3.63) is 30.1 Å². The van der Waals surface area contributed by atoms with Crippen LogP contribution in [0.4, 0.5) is 0 Å². The van der Waals surface area contributed by atoms with E-state index in [9.17, 15) is 0 Å². The van der Waals surface area contributed by atoms with E-state index < -0.39 is 0 Å². The fourth-order valence-corrected chi connectivity index (χ4v) is 1.47. The summed E-state index contributed by atoms with van der Waals surface area (Å²) in [7, 11) is 0. The maximum atomic E-state index is 4.35. The molecule has 0 aliphatic rings. The molecule has 0 saturated heterocycles. The Hall–Kier alpha value is -0.890. The first-order valence-electron chi connectivity index (χ1n) is 5.02. The third-order valence-corrected chi connectivity index (χ3v) is 2.07. The molecule has 1 heterocycles. The molecule has 2 heteroatoms. The van der Waals surface area contributed by atoms with Crippen LogP contribution in [0.15, 0.2) is 24.4 Å². The van der Waals surface area contributed by atoms with Gasteiger partial charge in [-0.25, -0.2) is 0 Å². The average Bonchev–Trinajstić information content (AvgIpc) is 2.19. The van der Waals surface area contributed by atoms with Crippen molar-refractivity contribution < 1.29 is 0 Å². The van der Waals surface area contributed by atoms with Crippen LogP contribution < -0.4 is 5.32 Å². The quantitative estimate of drug-likeness (QED) is 0.749. The van der Waals surface area contributed by atoms with E-state index in [1.807, 2.05) is 18.3 Å². The molecule has 0 fully saturated rings. The van der Waals surface area contributed by atoms with Crippen molar-refractivity contribution in [1.29, 1.82) is 0 Å². The van der Waals surface area contributed by atoms with Crippen LogP contribution in [-0.4, -0.2) is 11.5 Å². The highest BCUT2D eigenvalue weighted by Gasteiger charge is 2.08. The fourth-order valence-electron chi connectivity index (χ4n) is 1.47. The van der Waals surface area contributed by atoms with Gasteiger partial charge in [-0.2, -0.15) is 0 Å². The molecule has 1 aromatic heterocycles. The van der Waals surface area contributed by atoms with Crippen molar-refractivity contribution in [2.45, 2.75) is 32.7 Å². The summed E-state index contributed by atoms with van der Waals surface area (Å²) in [6.45, 7) is 5.33. The first kappa shape index (κ1) is 10.2. The maximum Gasteiger partial charge on any atom is 0.0573 e. The van der Waals surface area contributed by atoms with Gasteiger partial charge in [0.2, 0.25) is 0 Å². The highest BCUT2D eigenvalue weighted by molar-refractivity contribution is 5.08.